The van der Waals surface area contributed by atoms with Gasteiger partial charge in [0.25, 0.3) is 0 Å². The quantitative estimate of drug-likeness (QED) is 0.707. The highest BCUT2D eigenvalue weighted by Gasteiger charge is 2.48. The summed E-state index contributed by atoms with van der Waals surface area (Å²) >= 11 is 3.21. The molecule has 0 spiro atoms. The Labute approximate surface area is 156 Å². The van der Waals surface area contributed by atoms with Crippen LogP contribution in [0.4, 0.5) is 9.18 Å². The molecule has 0 aliphatic carbocycles. The zero-order valence-electron chi connectivity index (χ0n) is 15.0. The van der Waals surface area contributed by atoms with Crippen LogP contribution in [0.25, 0.3) is 0 Å². The van der Waals surface area contributed by atoms with Crippen LogP contribution in [0.3, 0.4) is 0 Å². The zero-order chi connectivity index (χ0) is 18.8. The van der Waals surface area contributed by atoms with Crippen LogP contribution in [-0.2, 0) is 16.1 Å². The van der Waals surface area contributed by atoms with E-state index in [1.807, 2.05) is 27.7 Å². The molecule has 138 valence electrons. The molecule has 1 aromatic rings. The van der Waals surface area contributed by atoms with Gasteiger partial charge >= 0.3 is 6.09 Å². The fourth-order valence-electron chi connectivity index (χ4n) is 2.83. The molecule has 25 heavy (non-hydrogen) atoms. The number of halogens is 2. The van der Waals surface area contributed by atoms with E-state index in [0.717, 1.165) is 5.56 Å². The Balaban J connectivity index is 2.07. The molecule has 0 bridgehead atoms. The van der Waals surface area contributed by atoms with Crippen LogP contribution in [0.2, 0.25) is 0 Å². The van der Waals surface area contributed by atoms with Gasteiger partial charge in [-0.15, -0.1) is 0 Å². The van der Waals surface area contributed by atoms with Crippen molar-refractivity contribution < 1.29 is 18.7 Å². The Bertz CT molecular complexity index is 637. The van der Waals surface area contributed by atoms with E-state index in [2.05, 4.69) is 15.9 Å². The standard InChI is InChI=1S/C18H24BrFN2O3/c1-17(2,3)25-16(24)21-11-18(4,12-21)22(15(23)9-19)10-13-5-7-14(20)8-6-13/h5-8H,9-12H2,1-4H3. The van der Waals surface area contributed by atoms with Gasteiger partial charge in [0.15, 0.2) is 0 Å². The third kappa shape index (κ3) is 4.93. The average Bonchev–Trinajstić information content (AvgIpc) is 2.48. The van der Waals surface area contributed by atoms with Gasteiger partial charge in [-0.25, -0.2) is 9.18 Å². The molecule has 0 unspecified atom stereocenters. The van der Waals surface area contributed by atoms with E-state index in [1.165, 1.54) is 12.1 Å². The summed E-state index contributed by atoms with van der Waals surface area (Å²) in [5.41, 5.74) is -0.189. The molecule has 7 heteroatoms. The number of ether oxygens (including phenoxy) is 1. The molecule has 1 aliphatic heterocycles. The van der Waals surface area contributed by atoms with Crippen molar-refractivity contribution in [1.82, 2.24) is 9.80 Å². The van der Waals surface area contributed by atoms with Crippen molar-refractivity contribution >= 4 is 27.9 Å². The molecule has 0 radical (unpaired) electrons. The predicted molar refractivity (Wildman–Crippen MR) is 97.0 cm³/mol. The topological polar surface area (TPSA) is 49.9 Å². The first-order valence-corrected chi connectivity index (χ1v) is 9.25. The summed E-state index contributed by atoms with van der Waals surface area (Å²) in [4.78, 5) is 27.9. The number of amides is 2. The Morgan fingerprint density at radius 1 is 1.28 bits per heavy atom. The maximum Gasteiger partial charge on any atom is 0.410 e. The number of carbonyl (C=O) groups is 2. The van der Waals surface area contributed by atoms with Gasteiger partial charge in [-0.1, -0.05) is 28.1 Å². The van der Waals surface area contributed by atoms with Gasteiger partial charge in [0.2, 0.25) is 5.91 Å². The Kier molecular flexibility index (Phi) is 5.76. The van der Waals surface area contributed by atoms with E-state index in [-0.39, 0.29) is 23.1 Å². The lowest BCUT2D eigenvalue weighted by Gasteiger charge is -2.53. The number of benzene rings is 1. The molecule has 1 saturated heterocycles. The van der Waals surface area contributed by atoms with Crippen LogP contribution in [-0.4, -0.2) is 51.4 Å². The highest BCUT2D eigenvalue weighted by molar-refractivity contribution is 9.09. The molecule has 0 saturated carbocycles. The van der Waals surface area contributed by atoms with Gasteiger partial charge in [0.05, 0.1) is 10.9 Å². The summed E-state index contributed by atoms with van der Waals surface area (Å²) in [6.45, 7) is 8.57. The molecule has 0 N–H and O–H groups in total. The fourth-order valence-corrected chi connectivity index (χ4v) is 3.13. The van der Waals surface area contributed by atoms with Crippen LogP contribution < -0.4 is 0 Å². The molecule has 0 atom stereocenters. The van der Waals surface area contributed by atoms with Crippen molar-refractivity contribution in [2.24, 2.45) is 0 Å². The fraction of sp³-hybridized carbons (Fsp3) is 0.556. The van der Waals surface area contributed by atoms with Crippen LogP contribution in [0.1, 0.15) is 33.3 Å². The monoisotopic (exact) mass is 414 g/mol. The van der Waals surface area contributed by atoms with Gasteiger partial charge in [0.1, 0.15) is 11.4 Å². The second-order valence-corrected chi connectivity index (χ2v) is 8.13. The molecular weight excluding hydrogens is 391 g/mol. The van der Waals surface area contributed by atoms with Crippen LogP contribution in [0.5, 0.6) is 0 Å². The van der Waals surface area contributed by atoms with E-state index in [4.69, 9.17) is 4.74 Å². The molecule has 0 aromatic heterocycles. The summed E-state index contributed by atoms with van der Waals surface area (Å²) in [6, 6.07) is 6.08. The second kappa shape index (κ2) is 7.32. The van der Waals surface area contributed by atoms with E-state index >= 15 is 0 Å². The minimum absolute atomic E-state index is 0.0735. The lowest BCUT2D eigenvalue weighted by Crippen LogP contribution is -2.71. The van der Waals surface area contributed by atoms with Gasteiger partial charge in [-0.2, -0.15) is 0 Å². The number of hydrogen-bond acceptors (Lipinski definition) is 3. The van der Waals surface area contributed by atoms with Gasteiger partial charge in [0, 0.05) is 19.6 Å². The highest BCUT2D eigenvalue weighted by atomic mass is 79.9. The van der Waals surface area contributed by atoms with Gasteiger partial charge < -0.3 is 14.5 Å². The Morgan fingerprint density at radius 3 is 2.32 bits per heavy atom. The molecule has 5 nitrogen and oxygen atoms in total. The highest BCUT2D eigenvalue weighted by Crippen LogP contribution is 2.31. The lowest BCUT2D eigenvalue weighted by atomic mass is 9.89. The molecule has 2 rings (SSSR count). The van der Waals surface area contributed by atoms with Crippen molar-refractivity contribution in [3.63, 3.8) is 0 Å². The lowest BCUT2D eigenvalue weighted by molar-refractivity contribution is -0.143. The SMILES string of the molecule is CC(C)(C)OC(=O)N1CC(C)(N(Cc2ccc(F)cc2)C(=O)CBr)C1. The van der Waals surface area contributed by atoms with E-state index < -0.39 is 11.1 Å². The minimum Gasteiger partial charge on any atom is -0.444 e. The number of carbonyl (C=O) groups excluding carboxylic acids is 2. The first kappa shape index (κ1) is 19.7. The average molecular weight is 415 g/mol. The van der Waals surface area contributed by atoms with E-state index in [0.29, 0.717) is 19.6 Å². The van der Waals surface area contributed by atoms with Gasteiger partial charge in [-0.3, -0.25) is 4.79 Å². The van der Waals surface area contributed by atoms with Crippen LogP contribution in [0, 0.1) is 5.82 Å². The number of hydrogen-bond donors (Lipinski definition) is 0. The third-order valence-corrected chi connectivity index (χ3v) is 4.52. The summed E-state index contributed by atoms with van der Waals surface area (Å²) in [7, 11) is 0. The normalized spacial score (nSPS) is 16.2. The molecule has 1 heterocycles. The van der Waals surface area contributed by atoms with Crippen molar-refractivity contribution in [3.05, 3.63) is 35.6 Å². The summed E-state index contributed by atoms with van der Waals surface area (Å²) < 4.78 is 18.5. The molecule has 2 amide bonds. The van der Waals surface area contributed by atoms with Gasteiger partial charge in [-0.05, 0) is 45.4 Å². The maximum atomic E-state index is 13.1. The number of nitrogens with zero attached hydrogens (tertiary/aromatic N) is 2. The largest absolute Gasteiger partial charge is 0.444 e. The Hall–Kier alpha value is -1.63. The number of alkyl halides is 1. The summed E-state index contributed by atoms with van der Waals surface area (Å²) in [5, 5.41) is 0.191. The smallest absolute Gasteiger partial charge is 0.410 e. The first-order chi connectivity index (χ1) is 11.5. The van der Waals surface area contributed by atoms with Crippen molar-refractivity contribution in [2.45, 2.75) is 45.4 Å². The maximum absolute atomic E-state index is 13.1. The Morgan fingerprint density at radius 2 is 1.84 bits per heavy atom. The first-order valence-electron chi connectivity index (χ1n) is 8.13. The van der Waals surface area contributed by atoms with E-state index in [1.54, 1.807) is 21.9 Å². The molecule has 1 aliphatic rings. The summed E-state index contributed by atoms with van der Waals surface area (Å²) in [6.07, 6.45) is -0.377. The summed E-state index contributed by atoms with van der Waals surface area (Å²) in [5.74, 6) is -0.385. The van der Waals surface area contributed by atoms with E-state index in [9.17, 15) is 14.0 Å². The third-order valence-electron chi connectivity index (χ3n) is 4.04. The second-order valence-electron chi connectivity index (χ2n) is 7.57. The number of likely N-dealkylation sites (tertiary alicyclic amines) is 1. The molecular formula is C18H24BrFN2O3. The molecule has 1 aromatic carbocycles. The van der Waals surface area contributed by atoms with Crippen LogP contribution >= 0.6 is 15.9 Å². The van der Waals surface area contributed by atoms with Crippen molar-refractivity contribution in [1.29, 1.82) is 0 Å². The molecule has 1 fully saturated rings. The minimum atomic E-state index is -0.553. The number of rotatable bonds is 4. The predicted octanol–water partition coefficient (Wildman–Crippen LogP) is 3.56. The zero-order valence-corrected chi connectivity index (χ0v) is 16.6. The van der Waals surface area contributed by atoms with Crippen molar-refractivity contribution in [3.8, 4) is 0 Å². The van der Waals surface area contributed by atoms with Crippen LogP contribution in [0.15, 0.2) is 24.3 Å². The van der Waals surface area contributed by atoms with Crippen molar-refractivity contribution in [2.75, 3.05) is 18.4 Å².